The average molecular weight is 314 g/mol. The van der Waals surface area contributed by atoms with Crippen molar-refractivity contribution >= 4 is 32.7 Å². The molecule has 0 saturated carbocycles. The summed E-state index contributed by atoms with van der Waals surface area (Å²) in [5, 5.41) is 1.94. The fourth-order valence-corrected chi connectivity index (χ4v) is 2.72. The number of benzene rings is 3. The van der Waals surface area contributed by atoms with E-state index in [-0.39, 0.29) is 16.4 Å². The molecule has 0 radical (unpaired) electrons. The third-order valence-corrected chi connectivity index (χ3v) is 3.86. The van der Waals surface area contributed by atoms with E-state index in [1.165, 1.54) is 6.07 Å². The topological polar surface area (TPSA) is 30.2 Å². The Hall–Kier alpha value is -2.82. The third kappa shape index (κ3) is 2.16. The van der Waals surface area contributed by atoms with Crippen molar-refractivity contribution in [3.63, 3.8) is 0 Å². The Labute approximate surface area is 127 Å². The Kier molecular flexibility index (Phi) is 2.75. The van der Waals surface area contributed by atoms with Crippen molar-refractivity contribution in [1.82, 2.24) is 0 Å². The van der Waals surface area contributed by atoms with Gasteiger partial charge in [0.1, 0.15) is 11.2 Å². The van der Waals surface area contributed by atoms with Gasteiger partial charge in [0.2, 0.25) is 5.43 Å². The fourth-order valence-electron chi connectivity index (χ4n) is 2.72. The maximum atomic E-state index is 12.8. The lowest BCUT2D eigenvalue weighted by Gasteiger charge is -2.08. The van der Waals surface area contributed by atoms with Gasteiger partial charge in [0.25, 0.3) is 0 Å². The summed E-state index contributed by atoms with van der Waals surface area (Å²) in [7, 11) is 0. The van der Waals surface area contributed by atoms with Crippen molar-refractivity contribution in [1.29, 1.82) is 0 Å². The number of hydrogen-bond acceptors (Lipinski definition) is 2. The summed E-state index contributed by atoms with van der Waals surface area (Å²) < 4.78 is 44.1. The molecule has 0 unspecified atom stereocenters. The highest BCUT2D eigenvalue weighted by atomic mass is 19.4. The molecule has 0 aliphatic carbocycles. The summed E-state index contributed by atoms with van der Waals surface area (Å²) in [5.41, 5.74) is -0.817. The first-order valence-electron chi connectivity index (χ1n) is 6.90. The van der Waals surface area contributed by atoms with Crippen molar-refractivity contribution in [3.8, 4) is 0 Å². The van der Waals surface area contributed by atoms with Crippen molar-refractivity contribution in [2.75, 3.05) is 0 Å². The molecule has 23 heavy (non-hydrogen) atoms. The summed E-state index contributed by atoms with van der Waals surface area (Å²) in [6.45, 7) is 0. The molecule has 4 rings (SSSR count). The molecular weight excluding hydrogens is 305 g/mol. The molecule has 0 N–H and O–H groups in total. The highest BCUT2D eigenvalue weighted by Crippen LogP contribution is 2.32. The van der Waals surface area contributed by atoms with Gasteiger partial charge in [-0.2, -0.15) is 13.2 Å². The van der Waals surface area contributed by atoms with Crippen LogP contribution in [0.15, 0.2) is 63.8 Å². The SMILES string of the molecule is O=c1c2cc(C(F)(F)F)ccc2oc2cc3ccccc3cc12. The summed E-state index contributed by atoms with van der Waals surface area (Å²) in [6, 6.07) is 13.7. The minimum atomic E-state index is -4.50. The van der Waals surface area contributed by atoms with E-state index in [2.05, 4.69) is 0 Å². The van der Waals surface area contributed by atoms with Gasteiger partial charge in [0, 0.05) is 0 Å². The molecule has 0 spiro atoms. The van der Waals surface area contributed by atoms with Crippen LogP contribution >= 0.6 is 0 Å². The second kappa shape index (κ2) is 4.59. The largest absolute Gasteiger partial charge is 0.456 e. The number of halogens is 3. The standard InChI is InChI=1S/C18H9F3O2/c19-18(20,21)12-5-6-15-14(9-12)17(22)13-7-10-3-1-2-4-11(10)8-16(13)23-15/h1-9H. The van der Waals surface area contributed by atoms with E-state index >= 15 is 0 Å². The van der Waals surface area contributed by atoms with Gasteiger partial charge in [0.15, 0.2) is 0 Å². The van der Waals surface area contributed by atoms with Gasteiger partial charge in [-0.1, -0.05) is 24.3 Å². The van der Waals surface area contributed by atoms with Gasteiger partial charge in [0.05, 0.1) is 16.3 Å². The molecule has 0 aliphatic heterocycles. The molecule has 2 nitrogen and oxygen atoms in total. The maximum absolute atomic E-state index is 12.8. The van der Waals surface area contributed by atoms with Crippen LogP contribution < -0.4 is 5.43 Å². The fraction of sp³-hybridized carbons (Fsp3) is 0.0556. The molecule has 114 valence electrons. The molecule has 3 aromatic carbocycles. The molecule has 0 atom stereocenters. The summed E-state index contributed by atoms with van der Waals surface area (Å²) in [6.07, 6.45) is -4.50. The van der Waals surface area contributed by atoms with Crippen LogP contribution in [-0.4, -0.2) is 0 Å². The first-order valence-corrected chi connectivity index (χ1v) is 6.90. The average Bonchev–Trinajstić information content (AvgIpc) is 2.52. The van der Waals surface area contributed by atoms with Crippen LogP contribution in [0.1, 0.15) is 5.56 Å². The zero-order chi connectivity index (χ0) is 16.2. The molecule has 5 heteroatoms. The second-order valence-electron chi connectivity index (χ2n) is 5.34. The van der Waals surface area contributed by atoms with Gasteiger partial charge < -0.3 is 4.42 Å². The Morgan fingerprint density at radius 2 is 1.43 bits per heavy atom. The first-order chi connectivity index (χ1) is 10.9. The molecule has 1 heterocycles. The van der Waals surface area contributed by atoms with Gasteiger partial charge >= 0.3 is 6.18 Å². The summed E-state index contributed by atoms with van der Waals surface area (Å²) in [5.74, 6) is 0. The predicted octanol–water partition coefficient (Wildman–Crippen LogP) is 5.12. The Morgan fingerprint density at radius 1 is 0.783 bits per heavy atom. The van der Waals surface area contributed by atoms with Gasteiger partial charge in [-0.25, -0.2) is 0 Å². The molecule has 0 saturated heterocycles. The van der Waals surface area contributed by atoms with E-state index in [9.17, 15) is 18.0 Å². The molecule has 1 aromatic heterocycles. The number of fused-ring (bicyclic) bond motifs is 3. The zero-order valence-corrected chi connectivity index (χ0v) is 11.6. The Balaban J connectivity index is 2.13. The van der Waals surface area contributed by atoms with Crippen LogP contribution in [0, 0.1) is 0 Å². The highest BCUT2D eigenvalue weighted by molar-refractivity contribution is 5.99. The van der Waals surface area contributed by atoms with Gasteiger partial charge in [-0.3, -0.25) is 4.79 Å². The Bertz CT molecular complexity index is 1120. The van der Waals surface area contributed by atoms with Gasteiger partial charge in [-0.15, -0.1) is 0 Å². The van der Waals surface area contributed by atoms with Crippen molar-refractivity contribution in [2.24, 2.45) is 0 Å². The molecule has 0 aliphatic rings. The summed E-state index contributed by atoms with van der Waals surface area (Å²) in [4.78, 5) is 12.6. The van der Waals surface area contributed by atoms with Crippen LogP contribution in [-0.2, 0) is 6.18 Å². The zero-order valence-electron chi connectivity index (χ0n) is 11.6. The van der Waals surface area contributed by atoms with E-state index in [4.69, 9.17) is 4.42 Å². The number of alkyl halides is 3. The predicted molar refractivity (Wildman–Crippen MR) is 82.5 cm³/mol. The highest BCUT2D eigenvalue weighted by Gasteiger charge is 2.31. The van der Waals surface area contributed by atoms with E-state index < -0.39 is 17.2 Å². The van der Waals surface area contributed by atoms with Crippen molar-refractivity contribution in [2.45, 2.75) is 6.18 Å². The minimum absolute atomic E-state index is 0.0670. The van der Waals surface area contributed by atoms with Crippen LogP contribution in [0.4, 0.5) is 13.2 Å². The molecule has 0 fully saturated rings. The maximum Gasteiger partial charge on any atom is 0.416 e. The van der Waals surface area contributed by atoms with Crippen LogP contribution in [0.25, 0.3) is 32.7 Å². The first kappa shape index (κ1) is 13.8. The van der Waals surface area contributed by atoms with Crippen molar-refractivity contribution < 1.29 is 17.6 Å². The third-order valence-electron chi connectivity index (χ3n) is 3.86. The minimum Gasteiger partial charge on any atom is -0.456 e. The Morgan fingerprint density at radius 3 is 2.13 bits per heavy atom. The second-order valence-corrected chi connectivity index (χ2v) is 5.34. The summed E-state index contributed by atoms with van der Waals surface area (Å²) >= 11 is 0. The normalized spacial score (nSPS) is 12.3. The lowest BCUT2D eigenvalue weighted by atomic mass is 10.0. The molecular formula is C18H9F3O2. The monoisotopic (exact) mass is 314 g/mol. The van der Waals surface area contributed by atoms with Crippen LogP contribution in [0.5, 0.6) is 0 Å². The van der Waals surface area contributed by atoms with E-state index in [1.54, 1.807) is 12.1 Å². The lowest BCUT2D eigenvalue weighted by Crippen LogP contribution is -2.08. The number of hydrogen-bond donors (Lipinski definition) is 0. The van der Waals surface area contributed by atoms with Gasteiger partial charge in [-0.05, 0) is 41.1 Å². The quantitative estimate of drug-likeness (QED) is 0.422. The van der Waals surface area contributed by atoms with Crippen molar-refractivity contribution in [3.05, 3.63) is 70.4 Å². The molecule has 4 aromatic rings. The number of rotatable bonds is 0. The van der Waals surface area contributed by atoms with E-state index in [0.29, 0.717) is 5.58 Å². The van der Waals surface area contributed by atoms with Crippen LogP contribution in [0.2, 0.25) is 0 Å². The smallest absolute Gasteiger partial charge is 0.416 e. The molecule has 0 bridgehead atoms. The molecule has 0 amide bonds. The van der Waals surface area contributed by atoms with E-state index in [1.807, 2.05) is 24.3 Å². The lowest BCUT2D eigenvalue weighted by molar-refractivity contribution is -0.137. The van der Waals surface area contributed by atoms with E-state index in [0.717, 1.165) is 22.9 Å². The van der Waals surface area contributed by atoms with Crippen LogP contribution in [0.3, 0.4) is 0 Å².